The van der Waals surface area contributed by atoms with Gasteiger partial charge in [-0.05, 0) is 55.0 Å². The lowest BCUT2D eigenvalue weighted by Crippen LogP contribution is -1.98. The highest BCUT2D eigenvalue weighted by molar-refractivity contribution is 9.09. The van der Waals surface area contributed by atoms with Crippen LogP contribution in [0.4, 0.5) is 0 Å². The highest BCUT2D eigenvalue weighted by atomic mass is 79.9. The molecule has 0 nitrogen and oxygen atoms in total. The van der Waals surface area contributed by atoms with E-state index in [9.17, 15) is 0 Å². The van der Waals surface area contributed by atoms with Crippen molar-refractivity contribution in [1.82, 2.24) is 0 Å². The minimum Gasteiger partial charge on any atom is -0.0837 e. The monoisotopic (exact) mass is 336 g/mol. The summed E-state index contributed by atoms with van der Waals surface area (Å²) in [7, 11) is 0. The molecule has 0 bridgehead atoms. The van der Waals surface area contributed by atoms with Crippen molar-refractivity contribution in [3.8, 4) is 0 Å². The zero-order valence-corrected chi connectivity index (χ0v) is 13.8. The first-order valence-corrected chi connectivity index (χ1v) is 7.73. The van der Waals surface area contributed by atoms with Crippen molar-refractivity contribution >= 4 is 27.5 Å². The van der Waals surface area contributed by atoms with Crippen LogP contribution in [0, 0.1) is 20.8 Å². The average Bonchev–Trinajstić information content (AvgIpc) is 2.37. The Hall–Kier alpha value is -0.790. The summed E-state index contributed by atoms with van der Waals surface area (Å²) in [5.41, 5.74) is 6.31. The Balaban J connectivity index is 2.23. The zero-order chi connectivity index (χ0) is 14.0. The molecule has 0 radical (unpaired) electrons. The molecule has 0 saturated carbocycles. The molecular weight excluding hydrogens is 320 g/mol. The zero-order valence-electron chi connectivity index (χ0n) is 11.5. The molecule has 2 rings (SSSR count). The third-order valence-electron chi connectivity index (χ3n) is 3.55. The average molecular weight is 338 g/mol. The molecule has 0 aliphatic carbocycles. The highest BCUT2D eigenvalue weighted by Gasteiger charge is 2.13. The summed E-state index contributed by atoms with van der Waals surface area (Å²) in [5, 5.41) is 0.869. The maximum absolute atomic E-state index is 6.38. The molecule has 2 aromatic rings. The van der Waals surface area contributed by atoms with E-state index in [1.165, 1.54) is 22.3 Å². The summed E-state index contributed by atoms with van der Waals surface area (Å²) in [6.07, 6.45) is 0.949. The Kier molecular flexibility index (Phi) is 4.70. The van der Waals surface area contributed by atoms with Crippen molar-refractivity contribution in [2.75, 3.05) is 0 Å². The van der Waals surface area contributed by atoms with Crippen LogP contribution in [0.15, 0.2) is 36.4 Å². The molecule has 1 atom stereocenters. The van der Waals surface area contributed by atoms with Crippen molar-refractivity contribution in [2.24, 2.45) is 0 Å². The van der Waals surface area contributed by atoms with Gasteiger partial charge in [0.15, 0.2) is 0 Å². The molecule has 19 heavy (non-hydrogen) atoms. The van der Waals surface area contributed by atoms with Crippen LogP contribution in [0.5, 0.6) is 0 Å². The predicted octanol–water partition coefficient (Wildman–Crippen LogP) is 5.94. The molecule has 2 aromatic carbocycles. The van der Waals surface area contributed by atoms with E-state index in [1.807, 2.05) is 13.0 Å². The second-order valence-corrected chi connectivity index (χ2v) is 6.55. The molecule has 0 fully saturated rings. The van der Waals surface area contributed by atoms with Crippen molar-refractivity contribution in [3.05, 3.63) is 69.2 Å². The van der Waals surface area contributed by atoms with Crippen molar-refractivity contribution in [3.63, 3.8) is 0 Å². The van der Waals surface area contributed by atoms with E-state index in [4.69, 9.17) is 11.6 Å². The first-order valence-electron chi connectivity index (χ1n) is 6.44. The van der Waals surface area contributed by atoms with Crippen LogP contribution in [0.2, 0.25) is 5.02 Å². The number of halogens is 2. The predicted molar refractivity (Wildman–Crippen MR) is 87.5 cm³/mol. The SMILES string of the molecule is Cc1ccc(CC(Br)c2cccc(C)c2Cl)cc1C. The molecule has 0 heterocycles. The van der Waals surface area contributed by atoms with E-state index in [0.717, 1.165) is 17.0 Å². The summed E-state index contributed by atoms with van der Waals surface area (Å²) in [6.45, 7) is 6.34. The van der Waals surface area contributed by atoms with E-state index in [-0.39, 0.29) is 4.83 Å². The Morgan fingerprint density at radius 1 is 1.00 bits per heavy atom. The number of hydrogen-bond acceptors (Lipinski definition) is 0. The first-order chi connectivity index (χ1) is 8.99. The van der Waals surface area contributed by atoms with Gasteiger partial charge in [0.2, 0.25) is 0 Å². The third kappa shape index (κ3) is 3.40. The summed E-state index contributed by atoms with van der Waals surface area (Å²) in [4.78, 5) is 0.252. The van der Waals surface area contributed by atoms with Gasteiger partial charge in [0.05, 0.1) is 0 Å². The third-order valence-corrected chi connectivity index (χ3v) is 4.88. The van der Waals surface area contributed by atoms with Gasteiger partial charge in [0, 0.05) is 9.85 Å². The standard InChI is InChI=1S/C17H18BrCl/c1-11-7-8-14(9-13(11)3)10-16(18)15-6-4-5-12(2)17(15)19/h4-9,16H,10H2,1-3H3. The highest BCUT2D eigenvalue weighted by Crippen LogP contribution is 2.34. The molecule has 100 valence electrons. The molecule has 0 aliphatic rings. The fraction of sp³-hybridized carbons (Fsp3) is 0.294. The molecule has 0 aromatic heterocycles. The molecule has 0 aliphatic heterocycles. The summed E-state index contributed by atoms with van der Waals surface area (Å²) < 4.78 is 0. The molecule has 0 spiro atoms. The van der Waals surface area contributed by atoms with Crippen LogP contribution in [-0.2, 0) is 6.42 Å². The van der Waals surface area contributed by atoms with Crippen LogP contribution in [-0.4, -0.2) is 0 Å². The number of rotatable bonds is 3. The van der Waals surface area contributed by atoms with Crippen LogP contribution in [0.25, 0.3) is 0 Å². The number of hydrogen-bond donors (Lipinski definition) is 0. The molecule has 0 amide bonds. The minimum atomic E-state index is 0.252. The maximum atomic E-state index is 6.38. The van der Waals surface area contributed by atoms with Crippen LogP contribution < -0.4 is 0 Å². The molecule has 1 unspecified atom stereocenters. The van der Waals surface area contributed by atoms with Gasteiger partial charge < -0.3 is 0 Å². The quantitative estimate of drug-likeness (QED) is 0.608. The van der Waals surface area contributed by atoms with E-state index in [2.05, 4.69) is 60.1 Å². The van der Waals surface area contributed by atoms with Gasteiger partial charge in [-0.3, -0.25) is 0 Å². The molecule has 2 heteroatoms. The summed E-state index contributed by atoms with van der Waals surface area (Å²) >= 11 is 10.1. The van der Waals surface area contributed by atoms with Gasteiger partial charge in [0.1, 0.15) is 0 Å². The first kappa shape index (κ1) is 14.6. The minimum absolute atomic E-state index is 0.252. The van der Waals surface area contributed by atoms with Gasteiger partial charge in [0.25, 0.3) is 0 Å². The van der Waals surface area contributed by atoms with Crippen LogP contribution in [0.3, 0.4) is 0 Å². The van der Waals surface area contributed by atoms with Gasteiger partial charge in [-0.15, -0.1) is 0 Å². The van der Waals surface area contributed by atoms with Gasteiger partial charge in [-0.2, -0.15) is 0 Å². The van der Waals surface area contributed by atoms with Crippen molar-refractivity contribution in [2.45, 2.75) is 32.0 Å². The number of alkyl halides is 1. The normalized spacial score (nSPS) is 12.5. The van der Waals surface area contributed by atoms with Crippen molar-refractivity contribution < 1.29 is 0 Å². The largest absolute Gasteiger partial charge is 0.0837 e. The Morgan fingerprint density at radius 3 is 2.42 bits per heavy atom. The second kappa shape index (κ2) is 6.11. The maximum Gasteiger partial charge on any atom is 0.0478 e. The Bertz CT molecular complexity index is 590. The lowest BCUT2D eigenvalue weighted by Gasteiger charge is -2.14. The van der Waals surface area contributed by atoms with E-state index in [0.29, 0.717) is 0 Å². The second-order valence-electron chi connectivity index (χ2n) is 5.07. The summed E-state index contributed by atoms with van der Waals surface area (Å²) in [6, 6.07) is 12.8. The smallest absolute Gasteiger partial charge is 0.0478 e. The van der Waals surface area contributed by atoms with Crippen LogP contribution in [0.1, 0.15) is 32.6 Å². The van der Waals surface area contributed by atoms with Crippen molar-refractivity contribution in [1.29, 1.82) is 0 Å². The number of aryl methyl sites for hydroxylation is 3. The Labute approximate surface area is 128 Å². The molecule has 0 N–H and O–H groups in total. The summed E-state index contributed by atoms with van der Waals surface area (Å²) in [5.74, 6) is 0. The molecular formula is C17H18BrCl. The fourth-order valence-electron chi connectivity index (χ4n) is 2.16. The lowest BCUT2D eigenvalue weighted by molar-refractivity contribution is 0.944. The van der Waals surface area contributed by atoms with E-state index in [1.54, 1.807) is 0 Å². The number of benzene rings is 2. The lowest BCUT2D eigenvalue weighted by atomic mass is 9.99. The molecule has 0 saturated heterocycles. The van der Waals surface area contributed by atoms with E-state index < -0.39 is 0 Å². The Morgan fingerprint density at radius 2 is 1.74 bits per heavy atom. The van der Waals surface area contributed by atoms with Gasteiger partial charge >= 0.3 is 0 Å². The van der Waals surface area contributed by atoms with Crippen LogP contribution >= 0.6 is 27.5 Å². The fourth-order valence-corrected chi connectivity index (χ4v) is 3.30. The van der Waals surface area contributed by atoms with Gasteiger partial charge in [-0.25, -0.2) is 0 Å². The van der Waals surface area contributed by atoms with E-state index >= 15 is 0 Å². The topological polar surface area (TPSA) is 0 Å². The van der Waals surface area contributed by atoms with Gasteiger partial charge in [-0.1, -0.05) is 63.9 Å².